The summed E-state index contributed by atoms with van der Waals surface area (Å²) >= 11 is 0. The lowest BCUT2D eigenvalue weighted by Gasteiger charge is -2.35. The molecule has 17 heavy (non-hydrogen) atoms. The number of carbonyl (C=O) groups is 3. The van der Waals surface area contributed by atoms with Gasteiger partial charge in [0.2, 0.25) is 0 Å². The summed E-state index contributed by atoms with van der Waals surface area (Å²) in [5.41, 5.74) is 0. The molecule has 1 saturated carbocycles. The average Bonchev–Trinajstić information content (AvgIpc) is 3.08. The minimum atomic E-state index is -1.08. The molecule has 6 nitrogen and oxygen atoms in total. The maximum atomic E-state index is 11.8. The fraction of sp³-hybridized carbons (Fsp3) is 0.727. The van der Waals surface area contributed by atoms with Crippen LogP contribution in [-0.2, 0) is 14.4 Å². The highest BCUT2D eigenvalue weighted by atomic mass is 16.4. The number of carboxylic acid groups (broad SMARTS) is 1. The standard InChI is InChI=1S/C11H16N2O4/c1-7(11(16)17)13-5-4-12(6-8-2-3-8)9(14)10(13)15/h7-8H,2-6H2,1H3,(H,16,17). The van der Waals surface area contributed by atoms with E-state index >= 15 is 0 Å². The van der Waals surface area contributed by atoms with Gasteiger partial charge in [0.1, 0.15) is 6.04 Å². The molecule has 0 radical (unpaired) electrons. The Bertz CT molecular complexity index is 364. The zero-order valence-corrected chi connectivity index (χ0v) is 9.76. The number of nitrogens with zero attached hydrogens (tertiary/aromatic N) is 2. The highest BCUT2D eigenvalue weighted by Gasteiger charge is 2.38. The van der Waals surface area contributed by atoms with Crippen molar-refractivity contribution >= 4 is 17.8 Å². The highest BCUT2D eigenvalue weighted by molar-refractivity contribution is 6.35. The molecule has 94 valence electrons. The van der Waals surface area contributed by atoms with E-state index < -0.39 is 23.8 Å². The third kappa shape index (κ3) is 2.40. The van der Waals surface area contributed by atoms with E-state index in [0.717, 1.165) is 17.7 Å². The molecule has 2 fully saturated rings. The lowest BCUT2D eigenvalue weighted by Crippen LogP contribution is -2.58. The molecule has 0 bridgehead atoms. The van der Waals surface area contributed by atoms with E-state index in [2.05, 4.69) is 0 Å². The zero-order chi connectivity index (χ0) is 12.6. The van der Waals surface area contributed by atoms with E-state index in [0.29, 0.717) is 25.6 Å². The lowest BCUT2D eigenvalue weighted by molar-refractivity contribution is -0.161. The van der Waals surface area contributed by atoms with Gasteiger partial charge in [0.15, 0.2) is 0 Å². The third-order valence-corrected chi connectivity index (χ3v) is 3.34. The highest BCUT2D eigenvalue weighted by Crippen LogP contribution is 2.30. The molecule has 0 spiro atoms. The number of hydrogen-bond acceptors (Lipinski definition) is 3. The molecule has 2 amide bonds. The van der Waals surface area contributed by atoms with Crippen molar-refractivity contribution in [1.29, 1.82) is 0 Å². The van der Waals surface area contributed by atoms with Crippen LogP contribution in [0, 0.1) is 5.92 Å². The molecule has 0 aromatic carbocycles. The first kappa shape index (κ1) is 11.9. The van der Waals surface area contributed by atoms with Crippen LogP contribution in [0.1, 0.15) is 19.8 Å². The Labute approximate surface area is 99.2 Å². The van der Waals surface area contributed by atoms with Crippen LogP contribution in [0.5, 0.6) is 0 Å². The molecule has 1 atom stereocenters. The number of hydrogen-bond donors (Lipinski definition) is 1. The SMILES string of the molecule is CC(C(=O)O)N1CCN(CC2CC2)C(=O)C1=O. The van der Waals surface area contributed by atoms with Gasteiger partial charge in [-0.2, -0.15) is 0 Å². The Balaban J connectivity index is 1.99. The maximum absolute atomic E-state index is 11.8. The lowest BCUT2D eigenvalue weighted by atomic mass is 10.2. The minimum absolute atomic E-state index is 0.310. The molecule has 2 rings (SSSR count). The number of rotatable bonds is 4. The molecule has 1 aliphatic heterocycles. The first-order valence-electron chi connectivity index (χ1n) is 5.83. The fourth-order valence-electron chi connectivity index (χ4n) is 1.98. The van der Waals surface area contributed by atoms with E-state index in [1.807, 2.05) is 0 Å². The molecule has 0 aromatic heterocycles. The second-order valence-corrected chi connectivity index (χ2v) is 4.71. The fourth-order valence-corrected chi connectivity index (χ4v) is 1.98. The molecule has 1 aliphatic carbocycles. The summed E-state index contributed by atoms with van der Waals surface area (Å²) in [4.78, 5) is 37.0. The second-order valence-electron chi connectivity index (χ2n) is 4.71. The van der Waals surface area contributed by atoms with Gasteiger partial charge in [0, 0.05) is 19.6 Å². The van der Waals surface area contributed by atoms with E-state index in [1.54, 1.807) is 4.90 Å². The van der Waals surface area contributed by atoms with E-state index in [-0.39, 0.29) is 0 Å². The summed E-state index contributed by atoms with van der Waals surface area (Å²) in [5.74, 6) is -1.79. The van der Waals surface area contributed by atoms with Crippen molar-refractivity contribution in [3.05, 3.63) is 0 Å². The van der Waals surface area contributed by atoms with Crippen LogP contribution >= 0.6 is 0 Å². The van der Waals surface area contributed by atoms with Crippen molar-refractivity contribution in [3.63, 3.8) is 0 Å². The summed E-state index contributed by atoms with van der Waals surface area (Å²) in [6.07, 6.45) is 2.24. The van der Waals surface area contributed by atoms with Crippen LogP contribution in [0.4, 0.5) is 0 Å². The summed E-state index contributed by atoms with van der Waals surface area (Å²) in [6.45, 7) is 2.81. The molecule has 1 N–H and O–H groups in total. The third-order valence-electron chi connectivity index (χ3n) is 3.34. The van der Waals surface area contributed by atoms with Crippen LogP contribution in [0.3, 0.4) is 0 Å². The molecular weight excluding hydrogens is 224 g/mol. The van der Waals surface area contributed by atoms with Crippen molar-refractivity contribution in [2.24, 2.45) is 5.92 Å². The quantitative estimate of drug-likeness (QED) is 0.674. The minimum Gasteiger partial charge on any atom is -0.480 e. The first-order valence-corrected chi connectivity index (χ1v) is 5.83. The predicted molar refractivity (Wildman–Crippen MR) is 58.1 cm³/mol. The molecular formula is C11H16N2O4. The number of amides is 2. The largest absolute Gasteiger partial charge is 0.480 e. The van der Waals surface area contributed by atoms with E-state index in [1.165, 1.54) is 6.92 Å². The van der Waals surface area contributed by atoms with Crippen molar-refractivity contribution < 1.29 is 19.5 Å². The Morgan fingerprint density at radius 2 is 2.00 bits per heavy atom. The van der Waals surface area contributed by atoms with E-state index in [9.17, 15) is 14.4 Å². The van der Waals surface area contributed by atoms with Crippen LogP contribution in [-0.4, -0.2) is 58.4 Å². The maximum Gasteiger partial charge on any atom is 0.326 e. The van der Waals surface area contributed by atoms with Gasteiger partial charge in [-0.05, 0) is 25.7 Å². The van der Waals surface area contributed by atoms with Crippen molar-refractivity contribution in [2.45, 2.75) is 25.8 Å². The Morgan fingerprint density at radius 1 is 1.35 bits per heavy atom. The van der Waals surface area contributed by atoms with Crippen molar-refractivity contribution in [2.75, 3.05) is 19.6 Å². The number of carbonyl (C=O) groups excluding carboxylic acids is 2. The molecule has 1 heterocycles. The van der Waals surface area contributed by atoms with Gasteiger partial charge in [-0.1, -0.05) is 0 Å². The van der Waals surface area contributed by atoms with Crippen LogP contribution in [0.25, 0.3) is 0 Å². The van der Waals surface area contributed by atoms with Crippen molar-refractivity contribution in [3.8, 4) is 0 Å². The van der Waals surface area contributed by atoms with E-state index in [4.69, 9.17) is 5.11 Å². The Morgan fingerprint density at radius 3 is 2.53 bits per heavy atom. The number of piperazine rings is 1. The predicted octanol–water partition coefficient (Wildman–Crippen LogP) is -0.460. The van der Waals surface area contributed by atoms with Gasteiger partial charge >= 0.3 is 17.8 Å². The molecule has 1 unspecified atom stereocenters. The van der Waals surface area contributed by atoms with Gasteiger partial charge in [-0.25, -0.2) is 4.79 Å². The normalized spacial score (nSPS) is 22.9. The average molecular weight is 240 g/mol. The van der Waals surface area contributed by atoms with Gasteiger partial charge in [0.25, 0.3) is 0 Å². The molecule has 6 heteroatoms. The smallest absolute Gasteiger partial charge is 0.326 e. The van der Waals surface area contributed by atoms with Crippen LogP contribution in [0.15, 0.2) is 0 Å². The topological polar surface area (TPSA) is 77.9 Å². The summed E-state index contributed by atoms with van der Waals surface area (Å²) in [7, 11) is 0. The first-order chi connectivity index (χ1) is 8.00. The van der Waals surface area contributed by atoms with Gasteiger partial charge in [-0.3, -0.25) is 9.59 Å². The van der Waals surface area contributed by atoms with Crippen molar-refractivity contribution in [1.82, 2.24) is 9.80 Å². The summed E-state index contributed by atoms with van der Waals surface area (Å²) in [6, 6.07) is -0.936. The second kappa shape index (κ2) is 4.35. The Kier molecular flexibility index (Phi) is 3.04. The van der Waals surface area contributed by atoms with Crippen LogP contribution in [0.2, 0.25) is 0 Å². The van der Waals surface area contributed by atoms with Crippen LogP contribution < -0.4 is 0 Å². The van der Waals surface area contributed by atoms with Gasteiger partial charge in [0.05, 0.1) is 0 Å². The molecule has 2 aliphatic rings. The molecule has 1 saturated heterocycles. The summed E-state index contributed by atoms with van der Waals surface area (Å²) in [5, 5.41) is 8.84. The molecule has 0 aromatic rings. The van der Waals surface area contributed by atoms with Gasteiger partial charge < -0.3 is 14.9 Å². The Hall–Kier alpha value is -1.59. The number of carboxylic acids is 1. The monoisotopic (exact) mass is 240 g/mol. The number of aliphatic carboxylic acids is 1. The zero-order valence-electron chi connectivity index (χ0n) is 9.76. The van der Waals surface area contributed by atoms with Gasteiger partial charge in [-0.15, -0.1) is 0 Å². The summed E-state index contributed by atoms with van der Waals surface area (Å²) < 4.78 is 0.